The van der Waals surface area contributed by atoms with Crippen LogP contribution in [0.5, 0.6) is 0 Å². The molecule has 3 aromatic rings. The highest BCUT2D eigenvalue weighted by atomic mass is 32.1. The second-order valence-electron chi connectivity index (χ2n) is 5.95. The average Bonchev–Trinajstić information content (AvgIpc) is 3.29. The van der Waals surface area contributed by atoms with Gasteiger partial charge in [-0.15, -0.1) is 11.3 Å². The number of amides is 1. The van der Waals surface area contributed by atoms with E-state index in [1.807, 2.05) is 6.92 Å². The normalized spacial score (nSPS) is 11.6. The minimum Gasteiger partial charge on any atom is -0.294 e. The highest BCUT2D eigenvalue weighted by Crippen LogP contribution is 2.12. The number of hydrogen-bond acceptors (Lipinski definition) is 4. The largest absolute Gasteiger partial charge is 0.294 e. The summed E-state index contributed by atoms with van der Waals surface area (Å²) in [7, 11) is 0. The molecule has 27 heavy (non-hydrogen) atoms. The molecule has 0 aliphatic heterocycles. The summed E-state index contributed by atoms with van der Waals surface area (Å²) in [6.07, 6.45) is 1.47. The molecule has 1 aromatic carbocycles. The van der Waals surface area contributed by atoms with Crippen LogP contribution in [0.1, 0.15) is 41.2 Å². The molecule has 2 N–H and O–H groups in total. The maximum Gasteiger partial charge on any atom is 0.281 e. The summed E-state index contributed by atoms with van der Waals surface area (Å²) in [5.41, 5.74) is 4.26. The Morgan fingerprint density at radius 3 is 2.67 bits per heavy atom. The van der Waals surface area contributed by atoms with E-state index in [4.69, 9.17) is 0 Å². The predicted octanol–water partition coefficient (Wildman–Crippen LogP) is 3.47. The first-order valence-electron chi connectivity index (χ1n) is 8.49. The van der Waals surface area contributed by atoms with E-state index >= 15 is 0 Å². The first kappa shape index (κ1) is 18.8. The maximum atomic E-state index is 13.2. The van der Waals surface area contributed by atoms with Crippen LogP contribution < -0.4 is 11.0 Å². The number of nitrogens with one attached hydrogen (secondary N) is 2. The SMILES string of the molecule is CCCc1[nH]n(-c2ccc(F)cc2)c(=O)c1/C(C)=N/NC(=O)c1cccs1. The number of thiophene rings is 1. The first-order chi connectivity index (χ1) is 13.0. The lowest BCUT2D eigenvalue weighted by Crippen LogP contribution is -2.23. The standard InChI is InChI=1S/C19H19FN4O2S/c1-3-5-15-17(12(2)21-22-18(25)16-6-4-11-27-16)19(26)24(23-15)14-9-7-13(20)8-10-14/h4,6-11,23H,3,5H2,1-2H3,(H,22,25)/b21-12+. The number of aromatic nitrogens is 2. The van der Waals surface area contributed by atoms with Crippen LogP contribution in [0.4, 0.5) is 4.39 Å². The van der Waals surface area contributed by atoms with Crippen LogP contribution in [0, 0.1) is 5.82 Å². The molecular formula is C19H19FN4O2S. The van der Waals surface area contributed by atoms with Crippen molar-refractivity contribution in [2.75, 3.05) is 0 Å². The number of nitrogens with zero attached hydrogens (tertiary/aromatic N) is 2. The number of H-pyrrole nitrogens is 1. The van der Waals surface area contributed by atoms with Crippen molar-refractivity contribution < 1.29 is 9.18 Å². The zero-order valence-corrected chi connectivity index (χ0v) is 15.8. The van der Waals surface area contributed by atoms with Gasteiger partial charge in [-0.1, -0.05) is 19.4 Å². The highest BCUT2D eigenvalue weighted by Gasteiger charge is 2.18. The van der Waals surface area contributed by atoms with Crippen molar-refractivity contribution in [3.8, 4) is 5.69 Å². The van der Waals surface area contributed by atoms with Crippen LogP contribution in [-0.2, 0) is 6.42 Å². The van der Waals surface area contributed by atoms with E-state index in [1.165, 1.54) is 40.3 Å². The van der Waals surface area contributed by atoms with E-state index in [2.05, 4.69) is 15.6 Å². The Morgan fingerprint density at radius 1 is 1.30 bits per heavy atom. The molecule has 2 heterocycles. The fourth-order valence-electron chi connectivity index (χ4n) is 2.71. The number of carbonyl (C=O) groups excluding carboxylic acids is 1. The molecule has 140 valence electrons. The third-order valence-corrected chi connectivity index (χ3v) is 4.85. The summed E-state index contributed by atoms with van der Waals surface area (Å²) in [5, 5.41) is 8.98. The Kier molecular flexibility index (Phi) is 5.66. The highest BCUT2D eigenvalue weighted by molar-refractivity contribution is 7.12. The molecule has 0 atom stereocenters. The minimum atomic E-state index is -0.374. The van der Waals surface area contributed by atoms with Gasteiger partial charge >= 0.3 is 0 Å². The van der Waals surface area contributed by atoms with Crippen molar-refractivity contribution in [1.29, 1.82) is 0 Å². The van der Waals surface area contributed by atoms with E-state index in [0.29, 0.717) is 28.3 Å². The summed E-state index contributed by atoms with van der Waals surface area (Å²) in [4.78, 5) is 25.5. The van der Waals surface area contributed by atoms with Crippen molar-refractivity contribution in [3.05, 3.63) is 74.1 Å². The maximum absolute atomic E-state index is 13.2. The lowest BCUT2D eigenvalue weighted by atomic mass is 10.1. The Hall–Kier alpha value is -3.00. The second-order valence-corrected chi connectivity index (χ2v) is 6.90. The van der Waals surface area contributed by atoms with Gasteiger partial charge in [-0.2, -0.15) is 5.10 Å². The number of benzene rings is 1. The van der Waals surface area contributed by atoms with Gasteiger partial charge in [0.15, 0.2) is 0 Å². The summed E-state index contributed by atoms with van der Waals surface area (Å²) in [5.74, 6) is -0.697. The van der Waals surface area contributed by atoms with Gasteiger partial charge in [0.25, 0.3) is 11.5 Å². The molecule has 0 saturated carbocycles. The molecule has 0 aliphatic rings. The van der Waals surface area contributed by atoms with E-state index in [1.54, 1.807) is 24.4 Å². The summed E-state index contributed by atoms with van der Waals surface area (Å²) >= 11 is 1.31. The van der Waals surface area contributed by atoms with Crippen LogP contribution in [-0.4, -0.2) is 21.4 Å². The van der Waals surface area contributed by atoms with Crippen molar-refractivity contribution in [1.82, 2.24) is 15.2 Å². The predicted molar refractivity (Wildman–Crippen MR) is 104 cm³/mol. The zero-order chi connectivity index (χ0) is 19.4. The van der Waals surface area contributed by atoms with Crippen molar-refractivity contribution in [2.24, 2.45) is 5.10 Å². The third kappa shape index (κ3) is 4.06. The third-order valence-electron chi connectivity index (χ3n) is 3.98. The Labute approximate surface area is 159 Å². The van der Waals surface area contributed by atoms with Crippen LogP contribution in [0.15, 0.2) is 51.7 Å². The van der Waals surface area contributed by atoms with E-state index in [0.717, 1.165) is 12.1 Å². The van der Waals surface area contributed by atoms with Crippen LogP contribution in [0.25, 0.3) is 5.69 Å². The van der Waals surface area contributed by atoms with Gasteiger partial charge in [0, 0.05) is 5.69 Å². The van der Waals surface area contributed by atoms with Gasteiger partial charge in [0.1, 0.15) is 5.82 Å². The molecule has 0 fully saturated rings. The topological polar surface area (TPSA) is 79.2 Å². The van der Waals surface area contributed by atoms with E-state index in [-0.39, 0.29) is 17.3 Å². The molecule has 8 heteroatoms. The fraction of sp³-hybridized carbons (Fsp3) is 0.211. The van der Waals surface area contributed by atoms with Gasteiger partial charge in [0.2, 0.25) is 0 Å². The minimum absolute atomic E-state index is 0.295. The van der Waals surface area contributed by atoms with E-state index < -0.39 is 0 Å². The number of carbonyl (C=O) groups is 1. The molecular weight excluding hydrogens is 367 g/mol. The average molecular weight is 386 g/mol. The zero-order valence-electron chi connectivity index (χ0n) is 15.0. The molecule has 0 radical (unpaired) electrons. The number of aryl methyl sites for hydroxylation is 1. The Bertz CT molecular complexity index is 1020. The molecule has 0 unspecified atom stereocenters. The molecule has 0 bridgehead atoms. The Balaban J connectivity index is 1.95. The quantitative estimate of drug-likeness (QED) is 0.503. The van der Waals surface area contributed by atoms with Crippen LogP contribution in [0.2, 0.25) is 0 Å². The van der Waals surface area contributed by atoms with Crippen LogP contribution >= 0.6 is 11.3 Å². The molecule has 1 amide bonds. The van der Waals surface area contributed by atoms with Gasteiger partial charge < -0.3 is 0 Å². The molecule has 0 aliphatic carbocycles. The van der Waals surface area contributed by atoms with Crippen molar-refractivity contribution in [3.63, 3.8) is 0 Å². The second kappa shape index (κ2) is 8.13. The lowest BCUT2D eigenvalue weighted by molar-refractivity contribution is 0.0959. The fourth-order valence-corrected chi connectivity index (χ4v) is 3.33. The molecule has 3 rings (SSSR count). The summed E-state index contributed by atoms with van der Waals surface area (Å²) in [6.45, 7) is 3.68. The molecule has 6 nitrogen and oxygen atoms in total. The molecule has 0 saturated heterocycles. The monoisotopic (exact) mass is 386 g/mol. The molecule has 0 spiro atoms. The van der Waals surface area contributed by atoms with Crippen molar-refractivity contribution in [2.45, 2.75) is 26.7 Å². The van der Waals surface area contributed by atoms with Crippen LogP contribution in [0.3, 0.4) is 0 Å². The van der Waals surface area contributed by atoms with Crippen molar-refractivity contribution >= 4 is 23.0 Å². The van der Waals surface area contributed by atoms with Gasteiger partial charge in [-0.25, -0.2) is 14.5 Å². The molecule has 2 aromatic heterocycles. The first-order valence-corrected chi connectivity index (χ1v) is 9.37. The number of hydrazone groups is 1. The lowest BCUT2D eigenvalue weighted by Gasteiger charge is -2.01. The number of rotatable bonds is 6. The van der Waals surface area contributed by atoms with Gasteiger partial charge in [-0.05, 0) is 49.1 Å². The number of aromatic amines is 1. The van der Waals surface area contributed by atoms with Gasteiger partial charge in [-0.3, -0.25) is 14.7 Å². The number of halogens is 1. The smallest absolute Gasteiger partial charge is 0.281 e. The van der Waals surface area contributed by atoms with Gasteiger partial charge in [0.05, 0.1) is 21.8 Å². The summed E-state index contributed by atoms with van der Waals surface area (Å²) < 4.78 is 14.5. The summed E-state index contributed by atoms with van der Waals surface area (Å²) in [6, 6.07) is 9.12. The Morgan fingerprint density at radius 2 is 2.04 bits per heavy atom. The number of hydrogen-bond donors (Lipinski definition) is 2. The van der Waals surface area contributed by atoms with E-state index in [9.17, 15) is 14.0 Å².